The van der Waals surface area contributed by atoms with Gasteiger partial charge in [0.2, 0.25) is 0 Å². The van der Waals surface area contributed by atoms with Crippen molar-refractivity contribution < 1.29 is 14.0 Å². The molecule has 7 nitrogen and oxygen atoms in total. The quantitative estimate of drug-likeness (QED) is 0.842. The molecule has 0 saturated carbocycles. The third-order valence-electron chi connectivity index (χ3n) is 5.97. The SMILES string of the molecule is Cc1ccc(C(=O)N2CCN(C(=O)NC3CCN(Cc4ccccc4)CC3)CC2)o1. The molecule has 1 N–H and O–H groups in total. The van der Waals surface area contributed by atoms with Gasteiger partial charge in [-0.1, -0.05) is 30.3 Å². The maximum absolute atomic E-state index is 12.7. The van der Waals surface area contributed by atoms with Crippen molar-refractivity contribution in [1.82, 2.24) is 20.0 Å². The number of furan rings is 1. The zero-order valence-electron chi connectivity index (χ0n) is 17.5. The lowest BCUT2D eigenvalue weighted by molar-refractivity contribution is 0.0629. The van der Waals surface area contributed by atoms with E-state index in [9.17, 15) is 9.59 Å². The van der Waals surface area contributed by atoms with Gasteiger partial charge in [-0.3, -0.25) is 9.69 Å². The third kappa shape index (κ3) is 5.02. The summed E-state index contributed by atoms with van der Waals surface area (Å²) >= 11 is 0. The zero-order valence-corrected chi connectivity index (χ0v) is 17.5. The normalized spacial score (nSPS) is 18.4. The molecule has 0 aliphatic carbocycles. The van der Waals surface area contributed by atoms with Gasteiger partial charge in [0, 0.05) is 51.9 Å². The van der Waals surface area contributed by atoms with Crippen LogP contribution in [0.15, 0.2) is 46.9 Å². The molecule has 0 radical (unpaired) electrons. The molecule has 3 amide bonds. The molecule has 1 aromatic heterocycles. The summed E-state index contributed by atoms with van der Waals surface area (Å²) in [4.78, 5) is 31.2. The number of piperidine rings is 1. The van der Waals surface area contributed by atoms with E-state index < -0.39 is 0 Å². The summed E-state index contributed by atoms with van der Waals surface area (Å²) in [7, 11) is 0. The molecule has 0 unspecified atom stereocenters. The zero-order chi connectivity index (χ0) is 20.9. The average Bonchev–Trinajstić information content (AvgIpc) is 3.22. The number of nitrogens with one attached hydrogen (secondary N) is 1. The summed E-state index contributed by atoms with van der Waals surface area (Å²) in [5, 5.41) is 3.19. The molecule has 2 aliphatic rings. The lowest BCUT2D eigenvalue weighted by Gasteiger charge is -2.37. The number of hydrogen-bond donors (Lipinski definition) is 1. The summed E-state index contributed by atoms with van der Waals surface area (Å²) in [6, 6.07) is 14.2. The van der Waals surface area contributed by atoms with Crippen LogP contribution in [0.4, 0.5) is 4.79 Å². The fourth-order valence-corrected chi connectivity index (χ4v) is 4.16. The van der Waals surface area contributed by atoms with Crippen LogP contribution in [0, 0.1) is 6.92 Å². The van der Waals surface area contributed by atoms with Crippen molar-refractivity contribution in [2.24, 2.45) is 0 Å². The Labute approximate surface area is 177 Å². The molecule has 2 fully saturated rings. The number of likely N-dealkylation sites (tertiary alicyclic amines) is 1. The monoisotopic (exact) mass is 410 g/mol. The predicted molar refractivity (Wildman–Crippen MR) is 114 cm³/mol. The third-order valence-corrected chi connectivity index (χ3v) is 5.97. The summed E-state index contributed by atoms with van der Waals surface area (Å²) in [5.41, 5.74) is 1.33. The number of piperazine rings is 1. The van der Waals surface area contributed by atoms with E-state index in [2.05, 4.69) is 34.5 Å². The largest absolute Gasteiger partial charge is 0.456 e. The number of benzene rings is 1. The highest BCUT2D eigenvalue weighted by Crippen LogP contribution is 2.15. The molecular formula is C23H30N4O3. The second kappa shape index (κ2) is 9.34. The van der Waals surface area contributed by atoms with Gasteiger partial charge < -0.3 is 19.5 Å². The molecule has 7 heteroatoms. The molecule has 0 atom stereocenters. The molecule has 1 aromatic carbocycles. The van der Waals surface area contributed by atoms with Gasteiger partial charge >= 0.3 is 6.03 Å². The van der Waals surface area contributed by atoms with E-state index in [4.69, 9.17) is 4.42 Å². The molecular weight excluding hydrogens is 380 g/mol. The second-order valence-corrected chi connectivity index (χ2v) is 8.18. The van der Waals surface area contributed by atoms with Crippen LogP contribution in [0.5, 0.6) is 0 Å². The smallest absolute Gasteiger partial charge is 0.317 e. The average molecular weight is 411 g/mol. The maximum Gasteiger partial charge on any atom is 0.317 e. The van der Waals surface area contributed by atoms with Gasteiger partial charge in [-0.05, 0) is 37.5 Å². The number of carbonyl (C=O) groups is 2. The number of carbonyl (C=O) groups excluding carboxylic acids is 2. The first-order valence-corrected chi connectivity index (χ1v) is 10.8. The molecule has 30 heavy (non-hydrogen) atoms. The highest BCUT2D eigenvalue weighted by molar-refractivity contribution is 5.91. The van der Waals surface area contributed by atoms with E-state index in [1.165, 1.54) is 5.56 Å². The number of rotatable bonds is 4. The topological polar surface area (TPSA) is 69.0 Å². The maximum atomic E-state index is 12.7. The fraction of sp³-hybridized carbons (Fsp3) is 0.478. The van der Waals surface area contributed by atoms with Gasteiger partial charge in [0.05, 0.1) is 0 Å². The van der Waals surface area contributed by atoms with Crippen molar-refractivity contribution >= 4 is 11.9 Å². The van der Waals surface area contributed by atoms with Crippen LogP contribution in [0.3, 0.4) is 0 Å². The van der Waals surface area contributed by atoms with Crippen LogP contribution in [-0.2, 0) is 6.54 Å². The Morgan fingerprint density at radius 3 is 2.23 bits per heavy atom. The van der Waals surface area contributed by atoms with Crippen LogP contribution in [0.1, 0.15) is 34.7 Å². The van der Waals surface area contributed by atoms with Crippen molar-refractivity contribution in [3.05, 3.63) is 59.5 Å². The van der Waals surface area contributed by atoms with Crippen molar-refractivity contribution in [2.45, 2.75) is 32.4 Å². The van der Waals surface area contributed by atoms with Crippen molar-refractivity contribution in [2.75, 3.05) is 39.3 Å². The van der Waals surface area contributed by atoms with E-state index in [1.807, 2.05) is 17.9 Å². The van der Waals surface area contributed by atoms with Crippen molar-refractivity contribution in [1.29, 1.82) is 0 Å². The van der Waals surface area contributed by atoms with Gasteiger partial charge in [-0.2, -0.15) is 0 Å². The second-order valence-electron chi connectivity index (χ2n) is 8.18. The first-order chi connectivity index (χ1) is 14.6. The Morgan fingerprint density at radius 2 is 1.60 bits per heavy atom. The standard InChI is InChI=1S/C23H30N4O3/c1-18-7-8-21(30-18)22(28)26-13-15-27(16-14-26)23(29)24-20-9-11-25(12-10-20)17-19-5-3-2-4-6-19/h2-8,20H,9-17H2,1H3,(H,24,29). The van der Waals surface area contributed by atoms with E-state index >= 15 is 0 Å². The fourth-order valence-electron chi connectivity index (χ4n) is 4.16. The van der Waals surface area contributed by atoms with Gasteiger partial charge in [0.15, 0.2) is 5.76 Å². The lowest BCUT2D eigenvalue weighted by atomic mass is 10.0. The van der Waals surface area contributed by atoms with Crippen molar-refractivity contribution in [3.8, 4) is 0 Å². The van der Waals surface area contributed by atoms with Gasteiger partial charge in [-0.15, -0.1) is 0 Å². The molecule has 2 saturated heterocycles. The van der Waals surface area contributed by atoms with Crippen LogP contribution in [-0.4, -0.2) is 71.9 Å². The summed E-state index contributed by atoms with van der Waals surface area (Å²) in [5.74, 6) is 0.993. The molecule has 4 rings (SSSR count). The van der Waals surface area contributed by atoms with Gasteiger partial charge in [0.25, 0.3) is 5.91 Å². The summed E-state index contributed by atoms with van der Waals surface area (Å²) in [6.45, 7) is 6.92. The number of hydrogen-bond acceptors (Lipinski definition) is 4. The minimum absolute atomic E-state index is 0.0162. The first kappa shape index (κ1) is 20.5. The Morgan fingerprint density at radius 1 is 0.933 bits per heavy atom. The van der Waals surface area contributed by atoms with Crippen molar-refractivity contribution in [3.63, 3.8) is 0 Å². The molecule has 2 aliphatic heterocycles. The highest BCUT2D eigenvalue weighted by Gasteiger charge is 2.28. The predicted octanol–water partition coefficient (Wildman–Crippen LogP) is 2.72. The van der Waals surface area contributed by atoms with E-state index in [0.717, 1.165) is 38.2 Å². The Balaban J connectivity index is 1.19. The summed E-state index contributed by atoms with van der Waals surface area (Å²) in [6.07, 6.45) is 1.93. The van der Waals surface area contributed by atoms with E-state index in [1.54, 1.807) is 17.0 Å². The van der Waals surface area contributed by atoms with E-state index in [0.29, 0.717) is 31.9 Å². The molecule has 0 bridgehead atoms. The number of nitrogens with zero attached hydrogens (tertiary/aromatic N) is 3. The molecule has 2 aromatic rings. The van der Waals surface area contributed by atoms with Crippen LogP contribution in [0.25, 0.3) is 0 Å². The van der Waals surface area contributed by atoms with Crippen LogP contribution < -0.4 is 5.32 Å². The lowest BCUT2D eigenvalue weighted by Crippen LogP contribution is -2.55. The highest BCUT2D eigenvalue weighted by atomic mass is 16.3. The number of urea groups is 1. The minimum Gasteiger partial charge on any atom is -0.456 e. The number of amides is 3. The van der Waals surface area contributed by atoms with Crippen LogP contribution >= 0.6 is 0 Å². The minimum atomic E-state index is -0.103. The molecule has 3 heterocycles. The summed E-state index contributed by atoms with van der Waals surface area (Å²) < 4.78 is 5.43. The van der Waals surface area contributed by atoms with E-state index in [-0.39, 0.29) is 18.0 Å². The van der Waals surface area contributed by atoms with Crippen LogP contribution in [0.2, 0.25) is 0 Å². The Hall–Kier alpha value is -2.80. The van der Waals surface area contributed by atoms with Gasteiger partial charge in [-0.25, -0.2) is 4.79 Å². The molecule has 0 spiro atoms. The van der Waals surface area contributed by atoms with Gasteiger partial charge in [0.1, 0.15) is 5.76 Å². The Kier molecular flexibility index (Phi) is 6.38. The Bertz CT molecular complexity index is 850. The first-order valence-electron chi connectivity index (χ1n) is 10.8. The number of aryl methyl sites for hydroxylation is 1. The molecule has 160 valence electrons.